The van der Waals surface area contributed by atoms with E-state index in [1.165, 1.54) is 0 Å². The third kappa shape index (κ3) is 1.37. The van der Waals surface area contributed by atoms with Crippen LogP contribution in [0.2, 0.25) is 0 Å². The van der Waals surface area contributed by atoms with Crippen molar-refractivity contribution in [2.75, 3.05) is 13.1 Å². The molecule has 2 saturated heterocycles. The number of nitrogens with one attached hydrogen (secondary N) is 2. The molecule has 4 N–H and O–H groups in total. The van der Waals surface area contributed by atoms with Gasteiger partial charge in [-0.05, 0) is 26.7 Å². The van der Waals surface area contributed by atoms with Gasteiger partial charge in [-0.15, -0.1) is 0 Å². The smallest absolute Gasteiger partial charge is 0.0298 e. The lowest BCUT2D eigenvalue weighted by Gasteiger charge is -2.53. The van der Waals surface area contributed by atoms with Crippen molar-refractivity contribution in [1.82, 2.24) is 10.6 Å². The fraction of sp³-hybridized carbons (Fsp3) is 1.00. The highest BCUT2D eigenvalue weighted by molar-refractivity contribution is 5.08. The van der Waals surface area contributed by atoms with E-state index in [1.807, 2.05) is 0 Å². The lowest BCUT2D eigenvalue weighted by atomic mass is 9.75. The molecule has 2 aliphatic heterocycles. The molecule has 0 aromatic heterocycles. The molecule has 0 aromatic carbocycles. The van der Waals surface area contributed by atoms with E-state index < -0.39 is 0 Å². The summed E-state index contributed by atoms with van der Waals surface area (Å²) in [6.45, 7) is 6.62. The van der Waals surface area contributed by atoms with Crippen LogP contribution in [0.5, 0.6) is 0 Å². The van der Waals surface area contributed by atoms with E-state index in [4.69, 9.17) is 5.73 Å². The Labute approximate surface area is 74.1 Å². The van der Waals surface area contributed by atoms with Gasteiger partial charge in [0, 0.05) is 30.2 Å². The highest BCUT2D eigenvalue weighted by atomic mass is 15.2. The van der Waals surface area contributed by atoms with Crippen LogP contribution in [0, 0.1) is 0 Å². The first-order valence-corrected chi connectivity index (χ1v) is 4.77. The molecular weight excluding hydrogens is 150 g/mol. The molecule has 3 nitrogen and oxygen atoms in total. The van der Waals surface area contributed by atoms with Gasteiger partial charge in [0.05, 0.1) is 0 Å². The maximum absolute atomic E-state index is 6.03. The van der Waals surface area contributed by atoms with E-state index in [0.717, 1.165) is 25.9 Å². The average Bonchev–Trinajstić information content (AvgIpc) is 1.79. The largest absolute Gasteiger partial charge is 0.328 e. The van der Waals surface area contributed by atoms with Crippen LogP contribution in [0.25, 0.3) is 0 Å². The highest BCUT2D eigenvalue weighted by Crippen LogP contribution is 2.30. The second kappa shape index (κ2) is 2.44. The molecular formula is C9H19N3. The minimum absolute atomic E-state index is 0.227. The zero-order valence-corrected chi connectivity index (χ0v) is 7.98. The molecule has 0 aromatic rings. The summed E-state index contributed by atoms with van der Waals surface area (Å²) in [7, 11) is 0. The summed E-state index contributed by atoms with van der Waals surface area (Å²) in [4.78, 5) is 0. The number of piperazine rings is 1. The van der Waals surface area contributed by atoms with E-state index in [-0.39, 0.29) is 11.1 Å². The number of fused-ring (bicyclic) bond motifs is 2. The lowest BCUT2D eigenvalue weighted by Crippen LogP contribution is -2.73. The average molecular weight is 169 g/mol. The standard InChI is InChI=1S/C9H19N3/c1-8-3-7(10)4-9(2,12-8)6-11-5-8/h7,11-12H,3-6,10H2,1-2H3. The number of rotatable bonds is 0. The number of nitrogens with two attached hydrogens (primary N) is 1. The fourth-order valence-electron chi connectivity index (χ4n) is 2.91. The minimum atomic E-state index is 0.227. The zero-order chi connectivity index (χ0) is 8.82. The summed E-state index contributed by atoms with van der Waals surface area (Å²) in [5.74, 6) is 0. The summed E-state index contributed by atoms with van der Waals surface area (Å²) in [6.07, 6.45) is 2.19. The summed E-state index contributed by atoms with van der Waals surface area (Å²) in [5.41, 5.74) is 6.48. The van der Waals surface area contributed by atoms with Crippen molar-refractivity contribution in [3.63, 3.8) is 0 Å². The first kappa shape index (κ1) is 8.48. The van der Waals surface area contributed by atoms with Gasteiger partial charge in [-0.1, -0.05) is 0 Å². The summed E-state index contributed by atoms with van der Waals surface area (Å²) >= 11 is 0. The Bertz CT molecular complexity index is 176. The van der Waals surface area contributed by atoms with Gasteiger partial charge in [0.25, 0.3) is 0 Å². The predicted molar refractivity (Wildman–Crippen MR) is 50.0 cm³/mol. The number of hydrogen-bond donors (Lipinski definition) is 3. The Morgan fingerprint density at radius 2 is 1.67 bits per heavy atom. The first-order valence-electron chi connectivity index (χ1n) is 4.77. The Balaban J connectivity index is 2.19. The van der Waals surface area contributed by atoms with E-state index in [1.54, 1.807) is 0 Å². The van der Waals surface area contributed by atoms with Crippen LogP contribution >= 0.6 is 0 Å². The molecule has 0 spiro atoms. The zero-order valence-electron chi connectivity index (χ0n) is 7.98. The third-order valence-corrected chi connectivity index (χ3v) is 3.06. The molecule has 12 heavy (non-hydrogen) atoms. The van der Waals surface area contributed by atoms with Crippen LogP contribution < -0.4 is 16.4 Å². The summed E-state index contributed by atoms with van der Waals surface area (Å²) < 4.78 is 0. The van der Waals surface area contributed by atoms with Crippen molar-refractivity contribution >= 4 is 0 Å². The molecule has 2 aliphatic rings. The molecule has 0 saturated carbocycles. The molecule has 2 fully saturated rings. The molecule has 3 heteroatoms. The molecule has 0 amide bonds. The molecule has 2 atom stereocenters. The maximum atomic E-state index is 6.03. The van der Waals surface area contributed by atoms with Crippen molar-refractivity contribution in [1.29, 1.82) is 0 Å². The van der Waals surface area contributed by atoms with E-state index in [2.05, 4.69) is 24.5 Å². The molecule has 2 unspecified atom stereocenters. The van der Waals surface area contributed by atoms with Gasteiger partial charge in [-0.3, -0.25) is 0 Å². The second-order valence-corrected chi connectivity index (χ2v) is 5.02. The van der Waals surface area contributed by atoms with Crippen LogP contribution in [-0.4, -0.2) is 30.2 Å². The molecule has 2 heterocycles. The number of hydrogen-bond acceptors (Lipinski definition) is 3. The Morgan fingerprint density at radius 1 is 1.17 bits per heavy atom. The molecule has 2 rings (SSSR count). The Morgan fingerprint density at radius 3 is 2.17 bits per heavy atom. The van der Waals surface area contributed by atoms with Gasteiger partial charge in [-0.2, -0.15) is 0 Å². The number of piperidine rings is 1. The molecule has 0 radical (unpaired) electrons. The van der Waals surface area contributed by atoms with Gasteiger partial charge in [0.1, 0.15) is 0 Å². The van der Waals surface area contributed by atoms with Crippen molar-refractivity contribution in [2.24, 2.45) is 5.73 Å². The maximum Gasteiger partial charge on any atom is 0.0298 e. The van der Waals surface area contributed by atoms with Crippen LogP contribution in [-0.2, 0) is 0 Å². The monoisotopic (exact) mass is 169 g/mol. The van der Waals surface area contributed by atoms with E-state index >= 15 is 0 Å². The van der Waals surface area contributed by atoms with Gasteiger partial charge in [0.15, 0.2) is 0 Å². The topological polar surface area (TPSA) is 50.1 Å². The molecule has 70 valence electrons. The van der Waals surface area contributed by atoms with Crippen LogP contribution in [0.15, 0.2) is 0 Å². The predicted octanol–water partition coefficient (Wildman–Crippen LogP) is -0.182. The first-order chi connectivity index (χ1) is 5.52. The van der Waals surface area contributed by atoms with E-state index in [9.17, 15) is 0 Å². The molecule has 2 bridgehead atoms. The van der Waals surface area contributed by atoms with Gasteiger partial charge >= 0.3 is 0 Å². The highest BCUT2D eigenvalue weighted by Gasteiger charge is 2.44. The Hall–Kier alpha value is -0.120. The quantitative estimate of drug-likeness (QED) is 0.471. The fourth-order valence-corrected chi connectivity index (χ4v) is 2.91. The lowest BCUT2D eigenvalue weighted by molar-refractivity contribution is 0.0956. The minimum Gasteiger partial charge on any atom is -0.328 e. The second-order valence-electron chi connectivity index (χ2n) is 5.02. The van der Waals surface area contributed by atoms with E-state index in [0.29, 0.717) is 6.04 Å². The normalized spacial score (nSPS) is 53.8. The third-order valence-electron chi connectivity index (χ3n) is 3.06. The molecule has 0 aliphatic carbocycles. The van der Waals surface area contributed by atoms with Gasteiger partial charge < -0.3 is 16.4 Å². The van der Waals surface area contributed by atoms with Crippen molar-refractivity contribution in [2.45, 2.75) is 43.8 Å². The Kier molecular flexibility index (Phi) is 1.72. The van der Waals surface area contributed by atoms with Crippen LogP contribution in [0.1, 0.15) is 26.7 Å². The van der Waals surface area contributed by atoms with Crippen molar-refractivity contribution in [3.05, 3.63) is 0 Å². The summed E-state index contributed by atoms with van der Waals surface area (Å²) in [5, 5.41) is 7.16. The van der Waals surface area contributed by atoms with Gasteiger partial charge in [-0.25, -0.2) is 0 Å². The van der Waals surface area contributed by atoms with Crippen LogP contribution in [0.4, 0.5) is 0 Å². The van der Waals surface area contributed by atoms with Crippen molar-refractivity contribution < 1.29 is 0 Å². The van der Waals surface area contributed by atoms with Gasteiger partial charge in [0.2, 0.25) is 0 Å². The van der Waals surface area contributed by atoms with Crippen LogP contribution in [0.3, 0.4) is 0 Å². The van der Waals surface area contributed by atoms with Crippen molar-refractivity contribution in [3.8, 4) is 0 Å². The summed E-state index contributed by atoms with van der Waals surface area (Å²) in [6, 6.07) is 0.378. The SMILES string of the molecule is CC12CNCC(C)(CC(N)C1)N2.